The zero-order valence-corrected chi connectivity index (χ0v) is 20.1. The Morgan fingerprint density at radius 2 is 1.57 bits per heavy atom. The first-order valence-corrected chi connectivity index (χ1v) is 12.7. The molecule has 0 bridgehead atoms. The van der Waals surface area contributed by atoms with Gasteiger partial charge in [-0.1, -0.05) is 88.4 Å². The van der Waals surface area contributed by atoms with E-state index in [9.17, 15) is 4.79 Å². The van der Waals surface area contributed by atoms with E-state index in [2.05, 4.69) is 40.8 Å². The van der Waals surface area contributed by atoms with Crippen molar-refractivity contribution >= 4 is 34.1 Å². The molecular formula is C25H32N2OS2. The van der Waals surface area contributed by atoms with Crippen LogP contribution in [0.5, 0.6) is 0 Å². The van der Waals surface area contributed by atoms with Gasteiger partial charge in [0.05, 0.1) is 10.7 Å². The molecule has 1 atom stereocenters. The number of hydrogen-bond donors (Lipinski definition) is 1. The van der Waals surface area contributed by atoms with Crippen molar-refractivity contribution in [2.24, 2.45) is 0 Å². The fourth-order valence-corrected chi connectivity index (χ4v) is 5.23. The van der Waals surface area contributed by atoms with E-state index in [0.717, 1.165) is 23.3 Å². The van der Waals surface area contributed by atoms with Crippen LogP contribution in [0.15, 0.2) is 66.9 Å². The number of rotatable bonds is 6. The predicted octanol–water partition coefficient (Wildman–Crippen LogP) is 7.32. The fraction of sp³-hybridized carbons (Fsp3) is 0.360. The second-order valence-corrected chi connectivity index (χ2v) is 8.50. The average molecular weight is 441 g/mol. The summed E-state index contributed by atoms with van der Waals surface area (Å²) in [5.74, 6) is 0.0602. The van der Waals surface area contributed by atoms with Crippen LogP contribution in [0.25, 0.3) is 0 Å². The van der Waals surface area contributed by atoms with Crippen LogP contribution in [0, 0.1) is 0 Å². The molecule has 0 spiro atoms. The number of nitrogens with zero attached hydrogens (tertiary/aromatic N) is 1. The van der Waals surface area contributed by atoms with Gasteiger partial charge in [0, 0.05) is 11.1 Å². The van der Waals surface area contributed by atoms with Gasteiger partial charge in [0.15, 0.2) is 5.13 Å². The van der Waals surface area contributed by atoms with Crippen molar-refractivity contribution < 1.29 is 4.79 Å². The van der Waals surface area contributed by atoms with Gasteiger partial charge in [-0.25, -0.2) is 4.98 Å². The molecule has 4 rings (SSSR count). The van der Waals surface area contributed by atoms with Crippen LogP contribution in [0.1, 0.15) is 61.8 Å². The fourth-order valence-electron chi connectivity index (χ4n) is 3.26. The maximum absolute atomic E-state index is 12.9. The zero-order valence-electron chi connectivity index (χ0n) is 18.5. The summed E-state index contributed by atoms with van der Waals surface area (Å²) >= 11 is 3.34. The normalized spacial score (nSPS) is 14.3. The zero-order chi connectivity index (χ0) is 22.0. The molecule has 5 heteroatoms. The van der Waals surface area contributed by atoms with E-state index in [0.29, 0.717) is 5.13 Å². The monoisotopic (exact) mass is 440 g/mol. The number of carbonyl (C=O) groups excluding carboxylic acids is 1. The molecule has 1 aliphatic rings. The number of nitrogens with one attached hydrogen (secondary N) is 1. The molecule has 3 aromatic rings. The molecule has 1 saturated carbocycles. The molecule has 30 heavy (non-hydrogen) atoms. The van der Waals surface area contributed by atoms with Crippen molar-refractivity contribution in [1.82, 2.24) is 4.98 Å². The number of thiazole rings is 1. The molecule has 160 valence electrons. The Hall–Kier alpha value is -2.11. The maximum atomic E-state index is 12.9. The van der Waals surface area contributed by atoms with E-state index in [1.807, 2.05) is 70.3 Å². The van der Waals surface area contributed by atoms with Gasteiger partial charge in [-0.05, 0) is 30.2 Å². The highest BCUT2D eigenvalue weighted by molar-refractivity contribution is 7.99. The van der Waals surface area contributed by atoms with Crippen molar-refractivity contribution in [3.8, 4) is 0 Å². The summed E-state index contributed by atoms with van der Waals surface area (Å²) in [5.41, 5.74) is 1.98. The Bertz CT molecular complexity index is 890. The second kappa shape index (κ2) is 11.9. The lowest BCUT2D eigenvalue weighted by Gasteiger charge is -2.14. The van der Waals surface area contributed by atoms with Gasteiger partial charge >= 0.3 is 0 Å². The third-order valence-electron chi connectivity index (χ3n) is 4.85. The number of aromatic nitrogens is 1. The highest BCUT2D eigenvalue weighted by Crippen LogP contribution is 2.49. The number of thioether (sulfide) groups is 1. The summed E-state index contributed by atoms with van der Waals surface area (Å²) in [6.45, 7) is 8.00. The second-order valence-electron chi connectivity index (χ2n) is 6.50. The first-order valence-electron chi connectivity index (χ1n) is 10.6. The Labute approximate surface area is 189 Å². The van der Waals surface area contributed by atoms with Crippen molar-refractivity contribution in [1.29, 1.82) is 0 Å². The molecule has 1 aliphatic carbocycles. The lowest BCUT2D eigenvalue weighted by molar-refractivity contribution is -0.118. The molecule has 1 amide bonds. The van der Waals surface area contributed by atoms with E-state index in [1.165, 1.54) is 5.56 Å². The van der Waals surface area contributed by atoms with Crippen LogP contribution >= 0.6 is 23.1 Å². The molecule has 1 fully saturated rings. The maximum Gasteiger partial charge on any atom is 0.236 e. The predicted molar refractivity (Wildman–Crippen MR) is 133 cm³/mol. The van der Waals surface area contributed by atoms with Gasteiger partial charge in [-0.15, -0.1) is 11.3 Å². The number of hydrogen-bond acceptors (Lipinski definition) is 4. The largest absolute Gasteiger partial charge is 0.301 e. The summed E-state index contributed by atoms with van der Waals surface area (Å²) in [6.07, 6.45) is 5.79. The molecule has 2 aromatic carbocycles. The van der Waals surface area contributed by atoms with Gasteiger partial charge in [0.2, 0.25) is 5.91 Å². The first-order chi connectivity index (χ1) is 14.7. The number of amides is 1. The highest BCUT2D eigenvalue weighted by atomic mass is 32.2. The average Bonchev–Trinajstić information content (AvgIpc) is 3.53. The van der Waals surface area contributed by atoms with Crippen LogP contribution in [0.2, 0.25) is 0 Å². The van der Waals surface area contributed by atoms with Crippen molar-refractivity contribution in [3.63, 3.8) is 0 Å². The van der Waals surface area contributed by atoms with Crippen molar-refractivity contribution in [3.05, 3.63) is 82.9 Å². The minimum atomic E-state index is -0.370. The van der Waals surface area contributed by atoms with Crippen LogP contribution in [0.4, 0.5) is 5.13 Å². The first kappa shape index (κ1) is 24.2. The molecule has 3 nitrogen and oxygen atoms in total. The molecule has 1 aromatic heterocycles. The Kier molecular flexibility index (Phi) is 9.60. The van der Waals surface area contributed by atoms with Gasteiger partial charge < -0.3 is 5.32 Å². The van der Waals surface area contributed by atoms with Crippen LogP contribution < -0.4 is 5.32 Å². The summed E-state index contributed by atoms with van der Waals surface area (Å²) < 4.78 is 0. The smallest absolute Gasteiger partial charge is 0.236 e. The van der Waals surface area contributed by atoms with E-state index < -0.39 is 0 Å². The van der Waals surface area contributed by atoms with Gasteiger partial charge in [-0.3, -0.25) is 4.79 Å². The topological polar surface area (TPSA) is 42.0 Å². The SMILES string of the molecule is CC.CC.CSC(c1ccccc1)c1cnc(NC(=O)C2(c3ccccc3)CC2)s1. The third-order valence-corrected chi connectivity index (χ3v) is 6.98. The Balaban J connectivity index is 0.000000757. The lowest BCUT2D eigenvalue weighted by Crippen LogP contribution is -2.27. The minimum Gasteiger partial charge on any atom is -0.301 e. The third kappa shape index (κ3) is 5.52. The molecule has 0 saturated heterocycles. The quantitative estimate of drug-likeness (QED) is 0.436. The lowest BCUT2D eigenvalue weighted by atomic mass is 9.95. The summed E-state index contributed by atoms with van der Waals surface area (Å²) in [4.78, 5) is 18.5. The van der Waals surface area contributed by atoms with Gasteiger partial charge in [-0.2, -0.15) is 11.8 Å². The van der Waals surface area contributed by atoms with E-state index >= 15 is 0 Å². The van der Waals surface area contributed by atoms with E-state index in [-0.39, 0.29) is 16.6 Å². The highest BCUT2D eigenvalue weighted by Gasteiger charge is 2.51. The molecule has 1 N–H and O–H groups in total. The Morgan fingerprint density at radius 3 is 2.10 bits per heavy atom. The summed E-state index contributed by atoms with van der Waals surface area (Å²) in [6, 6.07) is 20.5. The minimum absolute atomic E-state index is 0.0602. The van der Waals surface area contributed by atoms with Gasteiger partial charge in [0.25, 0.3) is 0 Å². The Morgan fingerprint density at radius 1 is 1.00 bits per heavy atom. The van der Waals surface area contributed by atoms with E-state index in [1.54, 1.807) is 23.1 Å². The van der Waals surface area contributed by atoms with Crippen molar-refractivity contribution in [2.45, 2.75) is 51.2 Å². The molecular weight excluding hydrogens is 408 g/mol. The van der Waals surface area contributed by atoms with Gasteiger partial charge in [0.1, 0.15) is 0 Å². The summed E-state index contributed by atoms with van der Waals surface area (Å²) in [5, 5.41) is 3.98. The van der Waals surface area contributed by atoms with Crippen LogP contribution in [-0.4, -0.2) is 17.1 Å². The number of anilines is 1. The number of benzene rings is 2. The van der Waals surface area contributed by atoms with E-state index in [4.69, 9.17) is 0 Å². The standard InChI is InChI=1S/C21H20N2OS2.2C2H6/c1-25-18(15-8-4-2-5-9-15)17-14-22-20(26-17)23-19(24)21(12-13-21)16-10-6-3-7-11-16;2*1-2/h2-11,14,18H,12-13H2,1H3,(H,22,23,24);2*1-2H3. The molecule has 0 radical (unpaired) electrons. The number of carbonyl (C=O) groups is 1. The van der Waals surface area contributed by atoms with Crippen LogP contribution in [0.3, 0.4) is 0 Å². The molecule has 1 heterocycles. The molecule has 0 aliphatic heterocycles. The molecule has 1 unspecified atom stereocenters. The summed E-state index contributed by atoms with van der Waals surface area (Å²) in [7, 11) is 0. The van der Waals surface area contributed by atoms with Crippen molar-refractivity contribution in [2.75, 3.05) is 11.6 Å². The van der Waals surface area contributed by atoms with Crippen LogP contribution in [-0.2, 0) is 10.2 Å².